The Bertz CT molecular complexity index is 1440. The molecule has 39 heavy (non-hydrogen) atoms. The second kappa shape index (κ2) is 12.1. The van der Waals surface area contributed by atoms with Crippen LogP contribution in [0.5, 0.6) is 0 Å². The molecule has 0 spiro atoms. The molecule has 2 aromatic heterocycles. The lowest BCUT2D eigenvalue weighted by Gasteiger charge is -2.14. The normalized spacial score (nSPS) is 18.4. The van der Waals surface area contributed by atoms with Gasteiger partial charge in [-0.3, -0.25) is 9.80 Å². The summed E-state index contributed by atoms with van der Waals surface area (Å²) in [4.78, 5) is 26.0. The third-order valence-electron chi connectivity index (χ3n) is 6.85. The van der Waals surface area contributed by atoms with Crippen LogP contribution in [0.15, 0.2) is 46.4 Å². The van der Waals surface area contributed by atoms with E-state index < -0.39 is 15.1 Å². The first-order chi connectivity index (χ1) is 18.8. The predicted molar refractivity (Wildman–Crippen MR) is 153 cm³/mol. The molecule has 1 N–H and O–H groups in total. The Morgan fingerprint density at radius 2 is 1.92 bits per heavy atom. The lowest BCUT2D eigenvalue weighted by molar-refractivity contribution is -0.112. The smallest absolute Gasteiger partial charge is 0.190 e. The van der Waals surface area contributed by atoms with E-state index >= 15 is 0 Å². The fraction of sp³-hybridized carbons (Fsp3) is 0.481. The number of thiazole rings is 1. The minimum Gasteiger partial charge on any atom is -0.380 e. The Hall–Kier alpha value is -2.93. The van der Waals surface area contributed by atoms with Crippen LogP contribution in [0, 0.1) is 0 Å². The molecule has 1 aromatic carbocycles. The molecule has 2 fully saturated rings. The zero-order chi connectivity index (χ0) is 27.4. The highest BCUT2D eigenvalue weighted by Crippen LogP contribution is 2.25. The van der Waals surface area contributed by atoms with Gasteiger partial charge in [-0.1, -0.05) is 23.5 Å². The van der Waals surface area contributed by atoms with Crippen LogP contribution in [0.4, 0.5) is 5.82 Å². The molecule has 0 radical (unpaired) electrons. The van der Waals surface area contributed by atoms with Gasteiger partial charge in [-0.25, -0.2) is 18.4 Å². The number of hydrogen-bond acceptors (Lipinski definition) is 11. The topological polar surface area (TPSA) is 117 Å². The maximum Gasteiger partial charge on any atom is 0.190 e. The van der Waals surface area contributed by atoms with Gasteiger partial charge in [0.05, 0.1) is 23.2 Å². The summed E-state index contributed by atoms with van der Waals surface area (Å²) in [5, 5.41) is 10.1. The van der Waals surface area contributed by atoms with Gasteiger partial charge in [-0.2, -0.15) is 5.10 Å². The van der Waals surface area contributed by atoms with Crippen LogP contribution in [0.2, 0.25) is 0 Å². The second-order valence-corrected chi connectivity index (χ2v) is 13.4. The molecule has 0 amide bonds. The van der Waals surface area contributed by atoms with Crippen molar-refractivity contribution in [1.82, 2.24) is 19.9 Å². The quantitative estimate of drug-likeness (QED) is 0.347. The van der Waals surface area contributed by atoms with Crippen molar-refractivity contribution in [1.29, 1.82) is 0 Å². The van der Waals surface area contributed by atoms with Crippen molar-refractivity contribution in [2.45, 2.75) is 35.8 Å². The minimum atomic E-state index is -3.48. The van der Waals surface area contributed by atoms with Crippen LogP contribution in [0.25, 0.3) is 10.3 Å². The molecule has 2 aliphatic rings. The van der Waals surface area contributed by atoms with Gasteiger partial charge in [0.15, 0.2) is 15.6 Å². The molecule has 3 aromatic rings. The maximum absolute atomic E-state index is 13.6. The van der Waals surface area contributed by atoms with E-state index in [4.69, 9.17) is 9.84 Å². The number of benzene rings is 1. The van der Waals surface area contributed by atoms with E-state index in [-0.39, 0.29) is 23.7 Å². The van der Waals surface area contributed by atoms with Gasteiger partial charge < -0.3 is 15.0 Å². The van der Waals surface area contributed by atoms with E-state index in [9.17, 15) is 13.2 Å². The number of hydrazone groups is 1. The van der Waals surface area contributed by atoms with Crippen molar-refractivity contribution < 1.29 is 17.9 Å². The number of carbonyl (C=O) groups excluding carboxylic acids is 1. The van der Waals surface area contributed by atoms with Crippen LogP contribution in [-0.4, -0.2) is 98.5 Å². The van der Waals surface area contributed by atoms with E-state index in [0.29, 0.717) is 29.3 Å². The van der Waals surface area contributed by atoms with Crippen LogP contribution in [0.3, 0.4) is 0 Å². The summed E-state index contributed by atoms with van der Waals surface area (Å²) in [5.41, 5.74) is 1.67. The van der Waals surface area contributed by atoms with Crippen molar-refractivity contribution in [3.8, 4) is 0 Å². The third-order valence-corrected chi connectivity index (χ3v) is 9.99. The first-order valence-corrected chi connectivity index (χ1v) is 15.6. The number of hydrogen-bond donors (Lipinski definition) is 1. The summed E-state index contributed by atoms with van der Waals surface area (Å²) in [6.45, 7) is 3.93. The molecule has 208 valence electrons. The number of aromatic nitrogens is 2. The number of ether oxygens (including phenoxy) is 1. The van der Waals surface area contributed by atoms with E-state index in [1.165, 1.54) is 11.3 Å². The zero-order valence-electron chi connectivity index (χ0n) is 22.3. The van der Waals surface area contributed by atoms with Crippen LogP contribution < -0.4 is 5.32 Å². The van der Waals surface area contributed by atoms with Crippen molar-refractivity contribution in [3.63, 3.8) is 0 Å². The molecule has 2 saturated heterocycles. The summed E-state index contributed by atoms with van der Waals surface area (Å²) in [6, 6.07) is 10.3. The Balaban J connectivity index is 1.35. The Labute approximate surface area is 233 Å². The van der Waals surface area contributed by atoms with Crippen LogP contribution in [-0.2, 0) is 25.8 Å². The lowest BCUT2D eigenvalue weighted by Crippen LogP contribution is -2.24. The lowest BCUT2D eigenvalue weighted by atomic mass is 10.0. The average molecular weight is 571 g/mol. The van der Waals surface area contributed by atoms with Gasteiger partial charge in [0.1, 0.15) is 26.9 Å². The number of Topliss-reactive ketones (excluding diaryl/α,β-unsaturated/α-hetero) is 1. The number of anilines is 1. The average Bonchev–Trinajstić information content (AvgIpc) is 3.69. The standard InChI is InChI=1S/C27H34N6O4S2/c1-32(2)15-12-28-24-10-9-22-27(30-24)38-25(29-22)17-23(34)26(31-33-13-3-4-14-33)19-5-7-20(8-6-19)39(35,36)21-11-16-37-18-21/h5-10,21H,3-4,11-18H2,1-2H3,(H,28,30)/b31-26+/t21-/m0/s1. The molecule has 0 aliphatic carbocycles. The van der Waals surface area contributed by atoms with Gasteiger partial charge in [-0.15, -0.1) is 0 Å². The number of nitrogens with one attached hydrogen (secondary N) is 1. The van der Waals surface area contributed by atoms with Crippen LogP contribution in [0.1, 0.15) is 29.8 Å². The monoisotopic (exact) mass is 570 g/mol. The highest BCUT2D eigenvalue weighted by molar-refractivity contribution is 7.92. The number of pyridine rings is 1. The fourth-order valence-corrected chi connectivity index (χ4v) is 7.15. The zero-order valence-corrected chi connectivity index (χ0v) is 23.9. The Kier molecular flexibility index (Phi) is 8.55. The molecule has 0 unspecified atom stereocenters. The molecule has 0 saturated carbocycles. The summed E-state index contributed by atoms with van der Waals surface area (Å²) < 4.78 is 31.2. The van der Waals surface area contributed by atoms with E-state index in [2.05, 4.69) is 20.2 Å². The number of ketones is 1. The van der Waals surface area contributed by atoms with Crippen molar-refractivity contribution >= 4 is 48.8 Å². The van der Waals surface area contributed by atoms with Crippen molar-refractivity contribution in [3.05, 3.63) is 47.0 Å². The first-order valence-electron chi connectivity index (χ1n) is 13.2. The summed E-state index contributed by atoms with van der Waals surface area (Å²) in [6.07, 6.45) is 2.64. The number of fused-ring (bicyclic) bond motifs is 1. The van der Waals surface area contributed by atoms with E-state index in [1.54, 1.807) is 24.3 Å². The highest BCUT2D eigenvalue weighted by atomic mass is 32.2. The van der Waals surface area contributed by atoms with E-state index in [0.717, 1.165) is 55.2 Å². The van der Waals surface area contributed by atoms with E-state index in [1.807, 2.05) is 31.2 Å². The first kappa shape index (κ1) is 27.6. The molecule has 2 aliphatic heterocycles. The molecule has 5 rings (SSSR count). The Morgan fingerprint density at radius 1 is 1.15 bits per heavy atom. The van der Waals surface area contributed by atoms with Gasteiger partial charge in [0, 0.05) is 38.3 Å². The molecule has 0 bridgehead atoms. The number of rotatable bonds is 11. The van der Waals surface area contributed by atoms with Gasteiger partial charge >= 0.3 is 0 Å². The van der Waals surface area contributed by atoms with Crippen molar-refractivity contribution in [2.75, 3.05) is 58.8 Å². The molecular formula is C27H34N6O4S2. The maximum atomic E-state index is 13.6. The van der Waals surface area contributed by atoms with Gasteiger partial charge in [0.2, 0.25) is 0 Å². The highest BCUT2D eigenvalue weighted by Gasteiger charge is 2.31. The SMILES string of the molecule is CN(C)CCNc1ccc2nc(CC(=O)/C(=N/N3CCCC3)c3ccc(S(=O)(=O)[C@H]4CCOC4)cc3)sc2n1. The Morgan fingerprint density at radius 3 is 2.62 bits per heavy atom. The summed E-state index contributed by atoms with van der Waals surface area (Å²) in [7, 11) is 0.560. The second-order valence-electron chi connectivity index (χ2n) is 10.1. The van der Waals surface area contributed by atoms with Gasteiger partial charge in [-0.05, 0) is 57.6 Å². The largest absolute Gasteiger partial charge is 0.380 e. The number of nitrogens with zero attached hydrogens (tertiary/aromatic N) is 5. The minimum absolute atomic E-state index is 0.0938. The fourth-order valence-electron chi connectivity index (χ4n) is 4.63. The molecule has 12 heteroatoms. The van der Waals surface area contributed by atoms with Crippen LogP contribution >= 0.6 is 11.3 Å². The third kappa shape index (κ3) is 6.63. The van der Waals surface area contributed by atoms with Gasteiger partial charge in [0.25, 0.3) is 0 Å². The number of carbonyl (C=O) groups is 1. The number of sulfone groups is 1. The molecular weight excluding hydrogens is 536 g/mol. The predicted octanol–water partition coefficient (Wildman–Crippen LogP) is 2.84. The number of likely N-dealkylation sites (N-methyl/N-ethyl adjacent to an activating group) is 1. The summed E-state index contributed by atoms with van der Waals surface area (Å²) >= 11 is 1.40. The van der Waals surface area contributed by atoms with Crippen molar-refractivity contribution in [2.24, 2.45) is 5.10 Å². The molecule has 10 nitrogen and oxygen atoms in total. The molecule has 4 heterocycles. The summed E-state index contributed by atoms with van der Waals surface area (Å²) in [5.74, 6) is 0.617. The molecule has 1 atom stereocenters.